The number of sulfonamides is 1. The van der Waals surface area contributed by atoms with Gasteiger partial charge in [-0.3, -0.25) is 4.79 Å². The van der Waals surface area contributed by atoms with Gasteiger partial charge in [-0.1, -0.05) is 17.5 Å². The summed E-state index contributed by atoms with van der Waals surface area (Å²) in [5.74, 6) is 1.80. The second kappa shape index (κ2) is 8.81. The van der Waals surface area contributed by atoms with Crippen molar-refractivity contribution < 1.29 is 28.2 Å². The van der Waals surface area contributed by atoms with Crippen LogP contribution in [0.3, 0.4) is 0 Å². The maximum absolute atomic E-state index is 12.2. The van der Waals surface area contributed by atoms with Gasteiger partial charge < -0.3 is 20.3 Å². The summed E-state index contributed by atoms with van der Waals surface area (Å²) in [6, 6.07) is 5.55. The predicted molar refractivity (Wildman–Crippen MR) is 93.8 cm³/mol. The highest BCUT2D eigenvalue weighted by Gasteiger charge is 2.43. The molecule has 2 rings (SSSR count). The van der Waals surface area contributed by atoms with Crippen LogP contribution in [0.4, 0.5) is 0 Å². The molecule has 1 aliphatic rings. The van der Waals surface area contributed by atoms with E-state index in [9.17, 15) is 23.4 Å². The number of carbonyl (C=O) groups excluding carboxylic acids is 1. The quantitative estimate of drug-likeness (QED) is 0.445. The van der Waals surface area contributed by atoms with Gasteiger partial charge in [0, 0.05) is 11.6 Å². The Balaban J connectivity index is 1.94. The lowest BCUT2D eigenvalue weighted by molar-refractivity contribution is -0.124. The molecule has 0 aromatic heterocycles. The lowest BCUT2D eigenvalue weighted by atomic mass is 10.1. The fraction of sp³-hybridized carbons (Fsp3) is 0.438. The first-order valence-corrected chi connectivity index (χ1v) is 9.57. The molecular weight excluding hydrogens is 384 g/mol. The second-order valence-corrected chi connectivity index (χ2v) is 7.89. The fourth-order valence-electron chi connectivity index (χ4n) is 2.46. The number of hydrogen-bond donors (Lipinski definition) is 4. The molecule has 1 aromatic carbocycles. The molecule has 1 saturated heterocycles. The Hall–Kier alpha value is -1.67. The third kappa shape index (κ3) is 5.17. The molecule has 0 aliphatic carbocycles. The van der Waals surface area contributed by atoms with Gasteiger partial charge in [-0.15, -0.1) is 6.42 Å². The first kappa shape index (κ1) is 20.6. The molecule has 1 amide bonds. The molecule has 4 atom stereocenters. The van der Waals surface area contributed by atoms with Gasteiger partial charge in [0.05, 0.1) is 24.0 Å². The Bertz CT molecular complexity index is 777. The molecule has 1 aromatic rings. The molecule has 1 heterocycles. The van der Waals surface area contributed by atoms with Gasteiger partial charge in [0.25, 0.3) is 0 Å². The van der Waals surface area contributed by atoms with E-state index in [0.29, 0.717) is 5.02 Å². The number of benzene rings is 1. The van der Waals surface area contributed by atoms with Gasteiger partial charge in [-0.2, -0.15) is 0 Å². The van der Waals surface area contributed by atoms with Gasteiger partial charge in [0.15, 0.2) is 0 Å². The van der Waals surface area contributed by atoms with Crippen LogP contribution in [0.2, 0.25) is 5.02 Å². The van der Waals surface area contributed by atoms with Crippen molar-refractivity contribution in [2.45, 2.75) is 35.7 Å². The number of hydrogen-bond acceptors (Lipinski definition) is 6. The van der Waals surface area contributed by atoms with E-state index in [2.05, 4.69) is 16.0 Å². The topological polar surface area (TPSA) is 125 Å². The van der Waals surface area contributed by atoms with Crippen LogP contribution in [0, 0.1) is 12.3 Å². The van der Waals surface area contributed by atoms with Crippen molar-refractivity contribution in [3.05, 3.63) is 29.3 Å². The summed E-state index contributed by atoms with van der Waals surface area (Å²) < 4.78 is 32.2. The Kier molecular flexibility index (Phi) is 7.00. The number of aliphatic hydroxyl groups excluding tert-OH is 2. The number of terminal acetylenes is 1. The van der Waals surface area contributed by atoms with Gasteiger partial charge in [0.2, 0.25) is 15.9 Å². The van der Waals surface area contributed by atoms with Crippen molar-refractivity contribution >= 4 is 27.5 Å². The Morgan fingerprint density at radius 2 is 1.85 bits per heavy atom. The third-order valence-corrected chi connectivity index (χ3v) is 5.53. The molecule has 1 fully saturated rings. The average molecular weight is 403 g/mol. The number of rotatable bonds is 7. The number of aliphatic hydroxyl groups is 2. The highest BCUT2D eigenvalue weighted by atomic mass is 35.5. The molecule has 142 valence electrons. The van der Waals surface area contributed by atoms with E-state index in [1.54, 1.807) is 0 Å². The predicted octanol–water partition coefficient (Wildman–Crippen LogP) is -0.753. The highest BCUT2D eigenvalue weighted by molar-refractivity contribution is 7.89. The van der Waals surface area contributed by atoms with Crippen molar-refractivity contribution in [2.75, 3.05) is 13.1 Å². The van der Waals surface area contributed by atoms with E-state index in [-0.39, 0.29) is 24.4 Å². The lowest BCUT2D eigenvalue weighted by Crippen LogP contribution is -2.40. The molecule has 26 heavy (non-hydrogen) atoms. The minimum Gasteiger partial charge on any atom is -0.388 e. The molecule has 4 unspecified atom stereocenters. The van der Waals surface area contributed by atoms with Crippen molar-refractivity contribution in [1.29, 1.82) is 0 Å². The summed E-state index contributed by atoms with van der Waals surface area (Å²) in [5, 5.41) is 22.8. The summed E-state index contributed by atoms with van der Waals surface area (Å²) in [4.78, 5) is 11.6. The van der Waals surface area contributed by atoms with E-state index < -0.39 is 40.3 Å². The zero-order chi connectivity index (χ0) is 19.3. The summed E-state index contributed by atoms with van der Waals surface area (Å²) in [7, 11) is -3.84. The molecule has 4 N–H and O–H groups in total. The summed E-state index contributed by atoms with van der Waals surface area (Å²) >= 11 is 5.73. The lowest BCUT2D eigenvalue weighted by Gasteiger charge is -2.15. The second-order valence-electron chi connectivity index (χ2n) is 5.68. The maximum atomic E-state index is 12.2. The minimum atomic E-state index is -3.84. The largest absolute Gasteiger partial charge is 0.388 e. The summed E-state index contributed by atoms with van der Waals surface area (Å²) in [6.45, 7) is -0.236. The average Bonchev–Trinajstić information content (AvgIpc) is 2.86. The van der Waals surface area contributed by atoms with Crippen molar-refractivity contribution in [3.63, 3.8) is 0 Å². The molecule has 1 aliphatic heterocycles. The van der Waals surface area contributed by atoms with Crippen LogP contribution in [0.25, 0.3) is 0 Å². The zero-order valence-electron chi connectivity index (χ0n) is 13.6. The first-order valence-electron chi connectivity index (χ1n) is 7.71. The smallest absolute Gasteiger partial charge is 0.240 e. The van der Waals surface area contributed by atoms with E-state index in [0.717, 1.165) is 0 Å². The standard InChI is InChI=1S/C16H19ClN2O6S/c1-2-7-18-14(20)8-12-15(21)16(22)13(25-12)9-19-26(23,24)11-5-3-10(17)4-6-11/h1,3-6,12-13,15-16,19,21-22H,7-9H2,(H,18,20). The van der Waals surface area contributed by atoms with E-state index in [1.165, 1.54) is 24.3 Å². The molecule has 0 saturated carbocycles. The van der Waals surface area contributed by atoms with Crippen molar-refractivity contribution in [1.82, 2.24) is 10.0 Å². The number of amides is 1. The monoisotopic (exact) mass is 402 g/mol. The number of halogens is 1. The number of ether oxygens (including phenoxy) is 1. The molecule has 0 bridgehead atoms. The zero-order valence-corrected chi connectivity index (χ0v) is 15.2. The van der Waals surface area contributed by atoms with Gasteiger partial charge in [-0.05, 0) is 24.3 Å². The Labute approximate surface area is 156 Å². The maximum Gasteiger partial charge on any atom is 0.240 e. The van der Waals surface area contributed by atoms with E-state index in [1.807, 2.05) is 0 Å². The van der Waals surface area contributed by atoms with Gasteiger partial charge in [-0.25, -0.2) is 13.1 Å². The van der Waals surface area contributed by atoms with Crippen molar-refractivity contribution in [2.24, 2.45) is 0 Å². The van der Waals surface area contributed by atoms with Crippen LogP contribution in [-0.4, -0.2) is 62.0 Å². The molecule has 0 radical (unpaired) electrons. The summed E-state index contributed by atoms with van der Waals surface area (Å²) in [6.07, 6.45) is 0.198. The fourth-order valence-corrected chi connectivity index (χ4v) is 3.63. The molecule has 0 spiro atoms. The van der Waals surface area contributed by atoms with Crippen LogP contribution in [0.15, 0.2) is 29.2 Å². The number of carbonyl (C=O) groups is 1. The molecule has 10 heteroatoms. The van der Waals surface area contributed by atoms with E-state index >= 15 is 0 Å². The Morgan fingerprint density at radius 1 is 1.23 bits per heavy atom. The van der Waals surface area contributed by atoms with Crippen LogP contribution in [-0.2, 0) is 19.6 Å². The van der Waals surface area contributed by atoms with Crippen LogP contribution >= 0.6 is 11.6 Å². The molecule has 8 nitrogen and oxygen atoms in total. The Morgan fingerprint density at radius 3 is 2.46 bits per heavy atom. The number of nitrogens with one attached hydrogen (secondary N) is 2. The highest BCUT2D eigenvalue weighted by Crippen LogP contribution is 2.24. The van der Waals surface area contributed by atoms with Crippen LogP contribution < -0.4 is 10.0 Å². The van der Waals surface area contributed by atoms with Gasteiger partial charge in [0.1, 0.15) is 18.3 Å². The molecular formula is C16H19ClN2O6S. The third-order valence-electron chi connectivity index (χ3n) is 3.83. The van der Waals surface area contributed by atoms with Crippen LogP contribution in [0.1, 0.15) is 6.42 Å². The normalized spacial score (nSPS) is 25.6. The SMILES string of the molecule is C#CCNC(=O)CC1OC(CNS(=O)(=O)c2ccc(Cl)cc2)C(O)C1O. The van der Waals surface area contributed by atoms with E-state index in [4.69, 9.17) is 22.8 Å². The minimum absolute atomic E-state index is 0.000137. The summed E-state index contributed by atoms with van der Waals surface area (Å²) in [5.41, 5.74) is 0. The van der Waals surface area contributed by atoms with Gasteiger partial charge >= 0.3 is 0 Å². The van der Waals surface area contributed by atoms with Crippen molar-refractivity contribution in [3.8, 4) is 12.3 Å². The first-order chi connectivity index (χ1) is 12.2. The van der Waals surface area contributed by atoms with Crippen LogP contribution in [0.5, 0.6) is 0 Å².